The number of amides is 2. The molecule has 0 aromatic heterocycles. The van der Waals surface area contributed by atoms with Gasteiger partial charge >= 0.3 is 6.09 Å². The normalized spacial score (nSPS) is 18.5. The molecule has 2 heterocycles. The molecular weight excluding hydrogens is 344 g/mol. The van der Waals surface area contributed by atoms with Crippen molar-refractivity contribution in [3.05, 3.63) is 30.3 Å². The smallest absolute Gasteiger partial charge is 0.409 e. The lowest BCUT2D eigenvalue weighted by Crippen LogP contribution is -2.51. The van der Waals surface area contributed by atoms with Gasteiger partial charge in [-0.25, -0.2) is 4.79 Å². The number of nitrogens with zero attached hydrogens (tertiary/aromatic N) is 4. The number of para-hydroxylation sites is 1. The first-order valence-corrected chi connectivity index (χ1v) is 9.89. The molecule has 3 rings (SSSR count). The summed E-state index contributed by atoms with van der Waals surface area (Å²) in [6.07, 6.45) is 0.269. The number of carbonyl (C=O) groups is 2. The molecule has 0 radical (unpaired) electrons. The number of hydrogen-bond acceptors (Lipinski definition) is 5. The number of carbonyl (C=O) groups excluding carboxylic acids is 2. The second-order valence-corrected chi connectivity index (χ2v) is 6.98. The van der Waals surface area contributed by atoms with Crippen LogP contribution in [0, 0.1) is 0 Å². The monoisotopic (exact) mass is 374 g/mol. The van der Waals surface area contributed by atoms with E-state index in [1.807, 2.05) is 11.0 Å². The number of anilines is 1. The van der Waals surface area contributed by atoms with Gasteiger partial charge in [0.1, 0.15) is 0 Å². The summed E-state index contributed by atoms with van der Waals surface area (Å²) >= 11 is 0. The molecule has 0 unspecified atom stereocenters. The van der Waals surface area contributed by atoms with E-state index in [0.717, 1.165) is 32.7 Å². The molecule has 0 saturated carbocycles. The van der Waals surface area contributed by atoms with Gasteiger partial charge in [0.2, 0.25) is 5.91 Å². The Morgan fingerprint density at radius 3 is 2.15 bits per heavy atom. The van der Waals surface area contributed by atoms with Crippen molar-refractivity contribution >= 4 is 17.7 Å². The van der Waals surface area contributed by atoms with Crippen LogP contribution in [0.15, 0.2) is 30.3 Å². The molecule has 0 N–H and O–H groups in total. The summed E-state index contributed by atoms with van der Waals surface area (Å²) in [7, 11) is 0. The summed E-state index contributed by atoms with van der Waals surface area (Å²) in [4.78, 5) is 32.5. The topological polar surface area (TPSA) is 56.3 Å². The predicted octanol–water partition coefficient (Wildman–Crippen LogP) is 1.50. The molecule has 2 fully saturated rings. The van der Waals surface area contributed by atoms with Crippen LogP contribution >= 0.6 is 0 Å². The van der Waals surface area contributed by atoms with Crippen molar-refractivity contribution in [2.24, 2.45) is 0 Å². The zero-order chi connectivity index (χ0) is 19.1. The summed E-state index contributed by atoms with van der Waals surface area (Å²) in [6.45, 7) is 9.26. The third-order valence-corrected chi connectivity index (χ3v) is 5.29. The Morgan fingerprint density at radius 2 is 1.52 bits per heavy atom. The van der Waals surface area contributed by atoms with Crippen LogP contribution < -0.4 is 4.90 Å². The fraction of sp³-hybridized carbons (Fsp3) is 0.600. The van der Waals surface area contributed by atoms with Gasteiger partial charge < -0.3 is 19.4 Å². The van der Waals surface area contributed by atoms with Crippen molar-refractivity contribution in [2.75, 3.05) is 70.4 Å². The van der Waals surface area contributed by atoms with Crippen molar-refractivity contribution in [2.45, 2.75) is 13.3 Å². The highest BCUT2D eigenvalue weighted by Gasteiger charge is 2.25. The molecule has 0 bridgehead atoms. The van der Waals surface area contributed by atoms with E-state index in [1.165, 1.54) is 5.69 Å². The maximum atomic E-state index is 12.5. The Bertz CT molecular complexity index is 609. The van der Waals surface area contributed by atoms with Crippen LogP contribution in [0.25, 0.3) is 0 Å². The molecule has 2 amide bonds. The fourth-order valence-electron chi connectivity index (χ4n) is 3.63. The minimum Gasteiger partial charge on any atom is -0.450 e. The largest absolute Gasteiger partial charge is 0.450 e. The van der Waals surface area contributed by atoms with Crippen LogP contribution in [0.1, 0.15) is 13.3 Å². The lowest BCUT2D eigenvalue weighted by molar-refractivity contribution is -0.133. The van der Waals surface area contributed by atoms with E-state index in [1.54, 1.807) is 11.8 Å². The molecule has 7 nitrogen and oxygen atoms in total. The number of rotatable bonds is 5. The van der Waals surface area contributed by atoms with E-state index in [2.05, 4.69) is 34.1 Å². The van der Waals surface area contributed by atoms with Crippen LogP contribution in [0.4, 0.5) is 10.5 Å². The standard InChI is InChI=1S/C20H30N4O3/c1-2-27-20(26)24-16-14-23(15-17-24)19(25)8-9-21-10-12-22(13-11-21)18-6-4-3-5-7-18/h3-7H,2,8-17H2,1H3. The molecular formula is C20H30N4O3. The molecule has 148 valence electrons. The molecule has 0 spiro atoms. The Balaban J connectivity index is 1.35. The summed E-state index contributed by atoms with van der Waals surface area (Å²) in [6, 6.07) is 10.5. The minimum absolute atomic E-state index is 0.184. The summed E-state index contributed by atoms with van der Waals surface area (Å²) in [5.74, 6) is 0.184. The van der Waals surface area contributed by atoms with E-state index in [9.17, 15) is 9.59 Å². The van der Waals surface area contributed by atoms with Crippen LogP contribution in [0.3, 0.4) is 0 Å². The van der Waals surface area contributed by atoms with Crippen LogP contribution in [0.5, 0.6) is 0 Å². The van der Waals surface area contributed by atoms with Gasteiger partial charge in [-0.05, 0) is 19.1 Å². The molecule has 0 aliphatic carbocycles. The van der Waals surface area contributed by atoms with Gasteiger partial charge in [0.05, 0.1) is 6.61 Å². The van der Waals surface area contributed by atoms with E-state index >= 15 is 0 Å². The third kappa shape index (κ3) is 5.35. The lowest BCUT2D eigenvalue weighted by Gasteiger charge is -2.37. The number of ether oxygens (including phenoxy) is 1. The van der Waals surface area contributed by atoms with Crippen molar-refractivity contribution in [1.29, 1.82) is 0 Å². The zero-order valence-electron chi connectivity index (χ0n) is 16.2. The first-order valence-electron chi connectivity index (χ1n) is 9.89. The zero-order valence-corrected chi connectivity index (χ0v) is 16.2. The fourth-order valence-corrected chi connectivity index (χ4v) is 3.63. The van der Waals surface area contributed by atoms with Crippen molar-refractivity contribution in [3.63, 3.8) is 0 Å². The SMILES string of the molecule is CCOC(=O)N1CCN(C(=O)CCN2CCN(c3ccccc3)CC2)CC1. The van der Waals surface area contributed by atoms with E-state index in [4.69, 9.17) is 4.74 Å². The van der Waals surface area contributed by atoms with Crippen molar-refractivity contribution in [3.8, 4) is 0 Å². The van der Waals surface area contributed by atoms with Gasteiger partial charge in [-0.3, -0.25) is 9.69 Å². The van der Waals surface area contributed by atoms with E-state index in [-0.39, 0.29) is 12.0 Å². The lowest BCUT2D eigenvalue weighted by atomic mass is 10.2. The molecule has 27 heavy (non-hydrogen) atoms. The average molecular weight is 374 g/mol. The van der Waals surface area contributed by atoms with E-state index < -0.39 is 0 Å². The highest BCUT2D eigenvalue weighted by Crippen LogP contribution is 2.15. The third-order valence-electron chi connectivity index (χ3n) is 5.29. The van der Waals surface area contributed by atoms with Crippen LogP contribution in [-0.4, -0.2) is 92.2 Å². The number of hydrogen-bond donors (Lipinski definition) is 0. The molecule has 1 aromatic carbocycles. The van der Waals surface area contributed by atoms with Gasteiger partial charge in [0, 0.05) is 71.0 Å². The van der Waals surface area contributed by atoms with Crippen LogP contribution in [0.2, 0.25) is 0 Å². The van der Waals surface area contributed by atoms with Gasteiger partial charge in [-0.15, -0.1) is 0 Å². The maximum absolute atomic E-state index is 12.5. The highest BCUT2D eigenvalue weighted by molar-refractivity contribution is 5.77. The maximum Gasteiger partial charge on any atom is 0.409 e. The second-order valence-electron chi connectivity index (χ2n) is 6.98. The van der Waals surface area contributed by atoms with Gasteiger partial charge in [-0.1, -0.05) is 18.2 Å². The number of benzene rings is 1. The molecule has 1 aromatic rings. The summed E-state index contributed by atoms with van der Waals surface area (Å²) < 4.78 is 5.02. The molecule has 2 aliphatic heterocycles. The molecule has 0 atom stereocenters. The van der Waals surface area contributed by atoms with Crippen molar-refractivity contribution in [1.82, 2.24) is 14.7 Å². The summed E-state index contributed by atoms with van der Waals surface area (Å²) in [5, 5.41) is 0. The average Bonchev–Trinajstić information content (AvgIpc) is 2.73. The van der Waals surface area contributed by atoms with Crippen LogP contribution in [-0.2, 0) is 9.53 Å². The predicted molar refractivity (Wildman–Crippen MR) is 105 cm³/mol. The van der Waals surface area contributed by atoms with E-state index in [0.29, 0.717) is 39.2 Å². The number of piperazine rings is 2. The molecule has 2 aliphatic rings. The van der Waals surface area contributed by atoms with Crippen molar-refractivity contribution < 1.29 is 14.3 Å². The molecule has 2 saturated heterocycles. The van der Waals surface area contributed by atoms with Gasteiger partial charge in [0.25, 0.3) is 0 Å². The Kier molecular flexibility index (Phi) is 6.92. The Labute approximate surface area is 161 Å². The first-order chi connectivity index (χ1) is 13.2. The van der Waals surface area contributed by atoms with Gasteiger partial charge in [0.15, 0.2) is 0 Å². The minimum atomic E-state index is -0.277. The summed E-state index contributed by atoms with van der Waals surface area (Å²) in [5.41, 5.74) is 1.27. The Morgan fingerprint density at radius 1 is 0.889 bits per heavy atom. The Hall–Kier alpha value is -2.28. The quantitative estimate of drug-likeness (QED) is 0.782. The van der Waals surface area contributed by atoms with Gasteiger partial charge in [-0.2, -0.15) is 0 Å². The highest BCUT2D eigenvalue weighted by atomic mass is 16.6. The second kappa shape index (κ2) is 9.60. The first kappa shape index (κ1) is 19.5. The molecule has 7 heteroatoms.